The topological polar surface area (TPSA) is 79.0 Å². The quantitative estimate of drug-likeness (QED) is 0.575. The number of H-pyrrole nitrogens is 1. The van der Waals surface area contributed by atoms with E-state index in [0.29, 0.717) is 11.3 Å². The van der Waals surface area contributed by atoms with Crippen molar-refractivity contribution < 1.29 is 8.42 Å². The molecule has 0 saturated heterocycles. The molecule has 0 aliphatic rings. The standard InChI is InChI=1S/C24H26N2O3S/c1-24(2,3)20-15-18(14-19(16-20)22-6-5-13-25-23(22)27)8-7-17-9-11-21(12-10-17)26-30(4,28)29/h5-16,26H,1-4H3,(H,25,27)/b8-7+. The number of hydrogen-bond acceptors (Lipinski definition) is 3. The number of aromatic amines is 1. The van der Waals surface area contributed by atoms with Gasteiger partial charge in [-0.2, -0.15) is 0 Å². The summed E-state index contributed by atoms with van der Waals surface area (Å²) in [6.45, 7) is 6.42. The third-order valence-corrected chi connectivity index (χ3v) is 5.24. The van der Waals surface area contributed by atoms with E-state index in [1.807, 2.05) is 42.5 Å². The Kier molecular flexibility index (Phi) is 5.99. The van der Waals surface area contributed by atoms with Gasteiger partial charge in [-0.25, -0.2) is 8.42 Å². The molecule has 6 heteroatoms. The van der Waals surface area contributed by atoms with Crippen molar-refractivity contribution in [2.24, 2.45) is 0 Å². The van der Waals surface area contributed by atoms with Crippen LogP contribution in [0.1, 0.15) is 37.5 Å². The van der Waals surface area contributed by atoms with Gasteiger partial charge in [0, 0.05) is 17.4 Å². The van der Waals surface area contributed by atoms with E-state index >= 15 is 0 Å². The Bertz CT molecular complexity index is 1230. The van der Waals surface area contributed by atoms with Crippen LogP contribution in [-0.2, 0) is 15.4 Å². The Balaban J connectivity index is 1.96. The molecule has 0 fully saturated rings. The molecule has 0 spiro atoms. The average molecular weight is 423 g/mol. The molecule has 1 aromatic heterocycles. The van der Waals surface area contributed by atoms with Gasteiger partial charge in [0.15, 0.2) is 0 Å². The van der Waals surface area contributed by atoms with Gasteiger partial charge >= 0.3 is 0 Å². The molecule has 3 aromatic rings. The van der Waals surface area contributed by atoms with Crippen molar-refractivity contribution in [2.45, 2.75) is 26.2 Å². The van der Waals surface area contributed by atoms with Crippen molar-refractivity contribution in [3.63, 3.8) is 0 Å². The molecule has 0 aliphatic carbocycles. The van der Waals surface area contributed by atoms with E-state index in [9.17, 15) is 13.2 Å². The largest absolute Gasteiger partial charge is 0.329 e. The fourth-order valence-corrected chi connectivity index (χ4v) is 3.62. The van der Waals surface area contributed by atoms with Crippen LogP contribution in [0.25, 0.3) is 23.3 Å². The first kappa shape index (κ1) is 21.6. The predicted octanol–water partition coefficient (Wildman–Crippen LogP) is 4.88. The molecule has 5 nitrogen and oxygen atoms in total. The van der Waals surface area contributed by atoms with E-state index < -0.39 is 10.0 Å². The molecule has 0 aliphatic heterocycles. The van der Waals surface area contributed by atoms with Crippen LogP contribution < -0.4 is 10.3 Å². The normalized spacial score (nSPS) is 12.3. The average Bonchev–Trinajstić information content (AvgIpc) is 2.66. The van der Waals surface area contributed by atoms with Gasteiger partial charge in [-0.1, -0.05) is 57.2 Å². The maximum absolute atomic E-state index is 12.3. The van der Waals surface area contributed by atoms with Crippen LogP contribution in [0.3, 0.4) is 0 Å². The van der Waals surface area contributed by atoms with E-state index in [4.69, 9.17) is 0 Å². The smallest absolute Gasteiger partial charge is 0.255 e. The number of benzene rings is 2. The predicted molar refractivity (Wildman–Crippen MR) is 125 cm³/mol. The molecule has 0 radical (unpaired) electrons. The van der Waals surface area contributed by atoms with E-state index in [2.05, 4.69) is 42.6 Å². The van der Waals surface area contributed by atoms with Crippen molar-refractivity contribution in [3.05, 3.63) is 87.8 Å². The lowest BCUT2D eigenvalue weighted by Crippen LogP contribution is -2.13. The molecule has 0 bridgehead atoms. The zero-order valence-electron chi connectivity index (χ0n) is 17.6. The lowest BCUT2D eigenvalue weighted by Gasteiger charge is -2.21. The second-order valence-electron chi connectivity index (χ2n) is 8.34. The first-order valence-electron chi connectivity index (χ1n) is 9.61. The van der Waals surface area contributed by atoms with E-state index in [-0.39, 0.29) is 11.0 Å². The maximum atomic E-state index is 12.3. The minimum atomic E-state index is -3.29. The van der Waals surface area contributed by atoms with Crippen LogP contribution in [0.4, 0.5) is 5.69 Å². The van der Waals surface area contributed by atoms with Crippen molar-refractivity contribution >= 4 is 27.9 Å². The highest BCUT2D eigenvalue weighted by molar-refractivity contribution is 7.92. The Labute approximate surface area is 177 Å². The zero-order valence-corrected chi connectivity index (χ0v) is 18.4. The fraction of sp³-hybridized carbons (Fsp3) is 0.208. The molecule has 3 rings (SSSR count). The van der Waals surface area contributed by atoms with Crippen LogP contribution >= 0.6 is 0 Å². The van der Waals surface area contributed by atoms with Gasteiger partial charge < -0.3 is 4.98 Å². The minimum absolute atomic E-state index is 0.0703. The summed E-state index contributed by atoms with van der Waals surface area (Å²) in [5.74, 6) is 0. The van der Waals surface area contributed by atoms with Gasteiger partial charge in [-0.05, 0) is 58.0 Å². The van der Waals surface area contributed by atoms with E-state index in [1.165, 1.54) is 0 Å². The van der Waals surface area contributed by atoms with Crippen LogP contribution in [0.5, 0.6) is 0 Å². The summed E-state index contributed by atoms with van der Waals surface area (Å²) < 4.78 is 25.1. The monoisotopic (exact) mass is 422 g/mol. The molecule has 0 saturated carbocycles. The van der Waals surface area contributed by atoms with Gasteiger partial charge in [0.25, 0.3) is 5.56 Å². The SMILES string of the molecule is CC(C)(C)c1cc(/C=C/c2ccc(NS(C)(=O)=O)cc2)cc(-c2ccc[nH]c2=O)c1. The lowest BCUT2D eigenvalue weighted by molar-refractivity contribution is 0.590. The van der Waals surface area contributed by atoms with Crippen LogP contribution in [0.15, 0.2) is 65.6 Å². The summed E-state index contributed by atoms with van der Waals surface area (Å²) in [6, 6.07) is 17.0. The fourth-order valence-electron chi connectivity index (χ4n) is 3.05. The molecule has 0 unspecified atom stereocenters. The molecular weight excluding hydrogens is 396 g/mol. The second kappa shape index (κ2) is 8.32. The van der Waals surface area contributed by atoms with Gasteiger partial charge in [0.05, 0.1) is 6.26 Å². The number of pyridine rings is 1. The number of rotatable bonds is 5. The third-order valence-electron chi connectivity index (χ3n) is 4.63. The molecule has 0 atom stereocenters. The lowest BCUT2D eigenvalue weighted by atomic mass is 9.84. The Morgan fingerprint density at radius 3 is 2.20 bits per heavy atom. The number of sulfonamides is 1. The number of aromatic nitrogens is 1. The third kappa shape index (κ3) is 5.70. The van der Waals surface area contributed by atoms with Gasteiger partial charge in [0.2, 0.25) is 10.0 Å². The summed E-state index contributed by atoms with van der Waals surface area (Å²) in [5, 5.41) is 0. The molecule has 30 heavy (non-hydrogen) atoms. The second-order valence-corrected chi connectivity index (χ2v) is 10.1. The van der Waals surface area contributed by atoms with Gasteiger partial charge in [-0.15, -0.1) is 0 Å². The maximum Gasteiger partial charge on any atom is 0.255 e. The summed E-state index contributed by atoms with van der Waals surface area (Å²) in [6.07, 6.45) is 6.71. The highest BCUT2D eigenvalue weighted by Gasteiger charge is 2.16. The highest BCUT2D eigenvalue weighted by Crippen LogP contribution is 2.29. The molecule has 0 amide bonds. The summed E-state index contributed by atoms with van der Waals surface area (Å²) in [7, 11) is -3.29. The first-order chi connectivity index (χ1) is 14.0. The first-order valence-corrected chi connectivity index (χ1v) is 11.5. The van der Waals surface area contributed by atoms with Gasteiger partial charge in [-0.3, -0.25) is 9.52 Å². The molecule has 1 heterocycles. The van der Waals surface area contributed by atoms with E-state index in [0.717, 1.165) is 28.5 Å². The van der Waals surface area contributed by atoms with Crippen molar-refractivity contribution in [1.29, 1.82) is 0 Å². The van der Waals surface area contributed by atoms with Gasteiger partial charge in [0.1, 0.15) is 0 Å². The minimum Gasteiger partial charge on any atom is -0.329 e. The van der Waals surface area contributed by atoms with Crippen molar-refractivity contribution in [1.82, 2.24) is 4.98 Å². The molecule has 156 valence electrons. The molecular formula is C24H26N2O3S. The van der Waals surface area contributed by atoms with Crippen LogP contribution in [0, 0.1) is 0 Å². The Morgan fingerprint density at radius 2 is 1.60 bits per heavy atom. The summed E-state index contributed by atoms with van der Waals surface area (Å²) >= 11 is 0. The Hall–Kier alpha value is -3.12. The number of nitrogens with one attached hydrogen (secondary N) is 2. The van der Waals surface area contributed by atoms with Crippen molar-refractivity contribution in [3.8, 4) is 11.1 Å². The summed E-state index contributed by atoms with van der Waals surface area (Å²) in [4.78, 5) is 15.0. The highest BCUT2D eigenvalue weighted by atomic mass is 32.2. The van der Waals surface area contributed by atoms with Crippen molar-refractivity contribution in [2.75, 3.05) is 11.0 Å². The Morgan fingerprint density at radius 1 is 0.933 bits per heavy atom. The van der Waals surface area contributed by atoms with E-state index in [1.54, 1.807) is 18.3 Å². The molecule has 2 aromatic carbocycles. The summed E-state index contributed by atoms with van der Waals surface area (Å²) in [5.41, 5.74) is 4.90. The number of hydrogen-bond donors (Lipinski definition) is 2. The zero-order chi connectivity index (χ0) is 21.9. The number of anilines is 1. The van der Waals surface area contributed by atoms with Crippen LogP contribution in [-0.4, -0.2) is 19.7 Å². The molecule has 2 N–H and O–H groups in total. The van der Waals surface area contributed by atoms with Crippen LogP contribution in [0.2, 0.25) is 0 Å².